The van der Waals surface area contributed by atoms with Gasteiger partial charge in [0.05, 0.1) is 5.92 Å². The van der Waals surface area contributed by atoms with Gasteiger partial charge in [0.1, 0.15) is 5.76 Å². The number of benzene rings is 1. The van der Waals surface area contributed by atoms with Crippen LogP contribution in [0.25, 0.3) is 0 Å². The van der Waals surface area contributed by atoms with Gasteiger partial charge in [-0.1, -0.05) is 28.1 Å². The van der Waals surface area contributed by atoms with Crippen molar-refractivity contribution >= 4 is 27.8 Å². The van der Waals surface area contributed by atoms with Gasteiger partial charge in [-0.2, -0.15) is 0 Å². The van der Waals surface area contributed by atoms with Crippen LogP contribution in [0.3, 0.4) is 0 Å². The summed E-state index contributed by atoms with van der Waals surface area (Å²) >= 11 is 3.37. The lowest BCUT2D eigenvalue weighted by molar-refractivity contribution is -0.141. The second kappa shape index (κ2) is 6.16. The molecule has 0 radical (unpaired) electrons. The Morgan fingerprint density at radius 1 is 1.30 bits per heavy atom. The van der Waals surface area contributed by atoms with E-state index in [0.717, 1.165) is 10.0 Å². The maximum Gasteiger partial charge on any atom is 0.308 e. The molecular formula is C16H15BrN2O4. The highest BCUT2D eigenvalue weighted by Gasteiger charge is 2.41. The number of carbonyl (C=O) groups is 2. The first-order valence-corrected chi connectivity index (χ1v) is 7.94. The summed E-state index contributed by atoms with van der Waals surface area (Å²) < 4.78 is 5.99. The minimum absolute atomic E-state index is 0.168. The maximum absolute atomic E-state index is 12.5. The fourth-order valence-corrected chi connectivity index (χ4v) is 3.19. The predicted octanol–water partition coefficient (Wildman–Crippen LogP) is 2.69. The molecule has 0 spiro atoms. The average molecular weight is 379 g/mol. The lowest BCUT2D eigenvalue weighted by atomic mass is 9.89. The minimum atomic E-state index is -0.898. The van der Waals surface area contributed by atoms with Crippen LogP contribution in [0.4, 0.5) is 0 Å². The van der Waals surface area contributed by atoms with Crippen molar-refractivity contribution in [2.75, 3.05) is 13.1 Å². The van der Waals surface area contributed by atoms with Crippen LogP contribution in [0, 0.1) is 12.8 Å². The van der Waals surface area contributed by atoms with Crippen molar-refractivity contribution in [1.82, 2.24) is 9.88 Å². The Morgan fingerprint density at radius 3 is 2.57 bits per heavy atom. The van der Waals surface area contributed by atoms with E-state index in [2.05, 4.69) is 20.9 Å². The van der Waals surface area contributed by atoms with Crippen molar-refractivity contribution in [3.8, 4) is 0 Å². The Bertz CT molecular complexity index is 741. The fraction of sp³-hybridized carbons (Fsp3) is 0.312. The number of hydrogen-bond acceptors (Lipinski definition) is 4. The lowest BCUT2D eigenvalue weighted by Gasteiger charge is -2.15. The molecule has 1 aliphatic heterocycles. The van der Waals surface area contributed by atoms with Gasteiger partial charge in [0.2, 0.25) is 0 Å². The van der Waals surface area contributed by atoms with Gasteiger partial charge in [-0.25, -0.2) is 4.98 Å². The molecule has 1 aromatic carbocycles. The molecule has 1 aliphatic rings. The molecule has 7 heteroatoms. The number of nitrogens with zero attached hydrogens (tertiary/aromatic N) is 2. The molecule has 1 N–H and O–H groups in total. The van der Waals surface area contributed by atoms with Gasteiger partial charge in [0.25, 0.3) is 5.91 Å². The average Bonchev–Trinajstić information content (AvgIpc) is 3.14. The zero-order chi connectivity index (χ0) is 16.6. The molecule has 2 atom stereocenters. The number of oxazole rings is 1. The first kappa shape index (κ1) is 15.7. The highest BCUT2D eigenvalue weighted by molar-refractivity contribution is 9.10. The molecule has 0 aliphatic carbocycles. The number of aliphatic carboxylic acids is 1. The summed E-state index contributed by atoms with van der Waals surface area (Å²) in [4.78, 5) is 29.6. The quantitative estimate of drug-likeness (QED) is 0.887. The van der Waals surface area contributed by atoms with Crippen molar-refractivity contribution in [1.29, 1.82) is 0 Å². The van der Waals surface area contributed by atoms with E-state index in [9.17, 15) is 14.7 Å². The van der Waals surface area contributed by atoms with Gasteiger partial charge >= 0.3 is 5.97 Å². The second-order valence-electron chi connectivity index (χ2n) is 5.57. The largest absolute Gasteiger partial charge is 0.481 e. The summed E-state index contributed by atoms with van der Waals surface area (Å²) in [6.45, 7) is 2.18. The number of rotatable bonds is 3. The molecular weight excluding hydrogens is 364 g/mol. The first-order chi connectivity index (χ1) is 11.0. The third-order valence-corrected chi connectivity index (χ3v) is 4.70. The van der Waals surface area contributed by atoms with Crippen LogP contribution >= 0.6 is 15.9 Å². The highest BCUT2D eigenvalue weighted by atomic mass is 79.9. The van der Waals surface area contributed by atoms with Gasteiger partial charge in [0, 0.05) is 23.5 Å². The van der Waals surface area contributed by atoms with E-state index in [-0.39, 0.29) is 24.1 Å². The van der Waals surface area contributed by atoms with Crippen LogP contribution in [0.15, 0.2) is 39.5 Å². The second-order valence-corrected chi connectivity index (χ2v) is 6.49. The number of carbonyl (C=O) groups excluding carboxylic acids is 1. The molecule has 0 bridgehead atoms. The standard InChI is InChI=1S/C16H15BrN2O4/c1-9-14(18-8-23-9)15(20)19-6-12(13(7-19)16(21)22)10-2-4-11(17)5-3-10/h2-5,8,12-13H,6-7H2,1H3,(H,21,22)/t12-,13+/m1/s1. The smallest absolute Gasteiger partial charge is 0.308 e. The van der Waals surface area contributed by atoms with Crippen molar-refractivity contribution in [3.05, 3.63) is 52.1 Å². The van der Waals surface area contributed by atoms with Crippen LogP contribution in [-0.2, 0) is 4.79 Å². The summed E-state index contributed by atoms with van der Waals surface area (Å²) in [6.07, 6.45) is 1.22. The third-order valence-electron chi connectivity index (χ3n) is 4.17. The Labute approximate surface area is 141 Å². The number of aryl methyl sites for hydroxylation is 1. The van der Waals surface area contributed by atoms with E-state index >= 15 is 0 Å². The molecule has 1 amide bonds. The van der Waals surface area contributed by atoms with Gasteiger partial charge < -0.3 is 14.4 Å². The third kappa shape index (κ3) is 3.01. The van der Waals surface area contributed by atoms with Gasteiger partial charge in [-0.3, -0.25) is 9.59 Å². The van der Waals surface area contributed by atoms with Crippen LogP contribution in [0.2, 0.25) is 0 Å². The summed E-state index contributed by atoms with van der Waals surface area (Å²) in [6, 6.07) is 7.53. The molecule has 2 heterocycles. The highest BCUT2D eigenvalue weighted by Crippen LogP contribution is 2.34. The zero-order valence-corrected chi connectivity index (χ0v) is 14.0. The molecule has 1 fully saturated rings. The number of carboxylic acid groups (broad SMARTS) is 1. The predicted molar refractivity (Wildman–Crippen MR) is 85.2 cm³/mol. The van der Waals surface area contributed by atoms with E-state index in [1.807, 2.05) is 24.3 Å². The Hall–Kier alpha value is -2.15. The van der Waals surface area contributed by atoms with E-state index in [1.54, 1.807) is 6.92 Å². The number of halogens is 1. The van der Waals surface area contributed by atoms with E-state index in [4.69, 9.17) is 4.42 Å². The first-order valence-electron chi connectivity index (χ1n) is 7.15. The zero-order valence-electron chi connectivity index (χ0n) is 12.4. The normalized spacial score (nSPS) is 20.7. The van der Waals surface area contributed by atoms with Gasteiger partial charge in [-0.15, -0.1) is 0 Å². The minimum Gasteiger partial charge on any atom is -0.481 e. The summed E-state index contributed by atoms with van der Waals surface area (Å²) in [5, 5.41) is 9.50. The van der Waals surface area contributed by atoms with E-state index in [1.165, 1.54) is 11.3 Å². The number of hydrogen-bond donors (Lipinski definition) is 1. The molecule has 1 saturated heterocycles. The topological polar surface area (TPSA) is 83.6 Å². The molecule has 2 aromatic rings. The monoisotopic (exact) mass is 378 g/mol. The van der Waals surface area contributed by atoms with Gasteiger partial charge in [-0.05, 0) is 24.6 Å². The van der Waals surface area contributed by atoms with Crippen molar-refractivity contribution in [2.45, 2.75) is 12.8 Å². The molecule has 23 heavy (non-hydrogen) atoms. The van der Waals surface area contributed by atoms with Crippen LogP contribution in [0.1, 0.15) is 27.7 Å². The van der Waals surface area contributed by atoms with Crippen LogP contribution in [0.5, 0.6) is 0 Å². The number of amides is 1. The summed E-state index contributed by atoms with van der Waals surface area (Å²) in [5.74, 6) is -1.62. The Kier molecular flexibility index (Phi) is 4.21. The van der Waals surface area contributed by atoms with Crippen molar-refractivity contribution in [3.63, 3.8) is 0 Å². The maximum atomic E-state index is 12.5. The molecule has 3 rings (SSSR count). The van der Waals surface area contributed by atoms with E-state index < -0.39 is 11.9 Å². The number of likely N-dealkylation sites (tertiary alicyclic amines) is 1. The molecule has 1 aromatic heterocycles. The molecule has 0 unspecified atom stereocenters. The van der Waals surface area contributed by atoms with E-state index in [0.29, 0.717) is 12.3 Å². The Balaban J connectivity index is 1.86. The van der Waals surface area contributed by atoms with Crippen molar-refractivity contribution < 1.29 is 19.1 Å². The molecule has 6 nitrogen and oxygen atoms in total. The van der Waals surface area contributed by atoms with Crippen LogP contribution in [-0.4, -0.2) is 40.0 Å². The number of aromatic nitrogens is 1. The SMILES string of the molecule is Cc1ocnc1C(=O)N1C[C@H](C(=O)O)[C@@H](c2ccc(Br)cc2)C1. The lowest BCUT2D eigenvalue weighted by Crippen LogP contribution is -2.30. The summed E-state index contributed by atoms with van der Waals surface area (Å²) in [7, 11) is 0. The van der Waals surface area contributed by atoms with Crippen molar-refractivity contribution in [2.24, 2.45) is 5.92 Å². The molecule has 120 valence electrons. The van der Waals surface area contributed by atoms with Crippen LogP contribution < -0.4 is 0 Å². The fourth-order valence-electron chi connectivity index (χ4n) is 2.93. The summed E-state index contributed by atoms with van der Waals surface area (Å²) in [5.41, 5.74) is 1.15. The molecule has 0 saturated carbocycles. The number of carboxylic acids is 1. The Morgan fingerprint density at radius 2 is 2.00 bits per heavy atom. The van der Waals surface area contributed by atoms with Gasteiger partial charge in [0.15, 0.2) is 12.1 Å².